The van der Waals surface area contributed by atoms with Gasteiger partial charge in [-0.3, -0.25) is 4.90 Å². The lowest BCUT2D eigenvalue weighted by Crippen LogP contribution is -2.49. The van der Waals surface area contributed by atoms with Gasteiger partial charge >= 0.3 is 0 Å². The second-order valence-electron chi connectivity index (χ2n) is 7.36. The van der Waals surface area contributed by atoms with Crippen LogP contribution in [0.5, 0.6) is 0 Å². The first kappa shape index (κ1) is 20.0. The van der Waals surface area contributed by atoms with Crippen LogP contribution < -0.4 is 0 Å². The molecule has 0 spiro atoms. The largest absolute Gasteiger partial charge is 0.334 e. The Morgan fingerprint density at radius 2 is 1.63 bits per heavy atom. The van der Waals surface area contributed by atoms with E-state index in [-0.39, 0.29) is 0 Å². The van der Waals surface area contributed by atoms with E-state index in [2.05, 4.69) is 21.4 Å². The van der Waals surface area contributed by atoms with Crippen molar-refractivity contribution >= 4 is 10.0 Å². The fraction of sp³-hybridized carbons (Fsp3) is 0.550. The highest BCUT2D eigenvalue weighted by Gasteiger charge is 2.30. The Balaban J connectivity index is 1.63. The lowest BCUT2D eigenvalue weighted by molar-refractivity contribution is 0.182. The maximum Gasteiger partial charge on any atom is 0.243 e. The van der Waals surface area contributed by atoms with Crippen LogP contribution in [0.2, 0.25) is 0 Å². The minimum Gasteiger partial charge on any atom is -0.334 e. The van der Waals surface area contributed by atoms with E-state index in [0.29, 0.717) is 18.0 Å². The van der Waals surface area contributed by atoms with Crippen molar-refractivity contribution in [2.75, 3.05) is 32.7 Å². The van der Waals surface area contributed by atoms with E-state index in [9.17, 15) is 8.42 Å². The number of aryl methyl sites for hydroxylation is 4. The molecule has 0 bridgehead atoms. The molecule has 7 heteroatoms. The van der Waals surface area contributed by atoms with Crippen LogP contribution >= 0.6 is 0 Å². The minimum absolute atomic E-state index is 0.479. The van der Waals surface area contributed by atoms with Crippen molar-refractivity contribution in [1.82, 2.24) is 18.8 Å². The SMILES string of the molecule is CCc1nccn1CCN1CCN(S(=O)(=O)c2c(C)cc(C)cc2C)CC1. The van der Waals surface area contributed by atoms with E-state index < -0.39 is 10.0 Å². The predicted molar refractivity (Wildman–Crippen MR) is 107 cm³/mol. The van der Waals surface area contributed by atoms with Gasteiger partial charge in [-0.15, -0.1) is 0 Å². The van der Waals surface area contributed by atoms with Crippen LogP contribution in [0, 0.1) is 20.8 Å². The highest BCUT2D eigenvalue weighted by Crippen LogP contribution is 2.26. The van der Waals surface area contributed by atoms with E-state index in [0.717, 1.165) is 55.1 Å². The molecule has 3 rings (SSSR count). The molecular weight excluding hydrogens is 360 g/mol. The zero-order valence-corrected chi connectivity index (χ0v) is 17.6. The molecule has 27 heavy (non-hydrogen) atoms. The molecule has 2 aromatic rings. The zero-order chi connectivity index (χ0) is 19.6. The molecule has 0 amide bonds. The molecule has 0 atom stereocenters. The van der Waals surface area contributed by atoms with Crippen molar-refractivity contribution in [3.05, 3.63) is 47.0 Å². The van der Waals surface area contributed by atoms with Gasteiger partial charge in [0.25, 0.3) is 0 Å². The van der Waals surface area contributed by atoms with Gasteiger partial charge in [-0.2, -0.15) is 4.31 Å². The fourth-order valence-corrected chi connectivity index (χ4v) is 5.84. The number of imidazole rings is 1. The van der Waals surface area contributed by atoms with Crippen molar-refractivity contribution in [3.8, 4) is 0 Å². The van der Waals surface area contributed by atoms with Crippen LogP contribution in [-0.4, -0.2) is 59.9 Å². The van der Waals surface area contributed by atoms with E-state index >= 15 is 0 Å². The third kappa shape index (κ3) is 4.25. The van der Waals surface area contributed by atoms with Gasteiger partial charge in [-0.05, 0) is 31.9 Å². The van der Waals surface area contributed by atoms with Crippen molar-refractivity contribution in [2.24, 2.45) is 0 Å². The molecule has 1 aromatic carbocycles. The molecule has 2 heterocycles. The summed E-state index contributed by atoms with van der Waals surface area (Å²) in [5.74, 6) is 1.10. The summed E-state index contributed by atoms with van der Waals surface area (Å²) in [4.78, 5) is 7.17. The van der Waals surface area contributed by atoms with E-state index in [4.69, 9.17) is 0 Å². The summed E-state index contributed by atoms with van der Waals surface area (Å²) in [7, 11) is -3.44. The van der Waals surface area contributed by atoms with Crippen LogP contribution in [0.15, 0.2) is 29.4 Å². The first-order chi connectivity index (χ1) is 12.8. The molecule has 1 aliphatic heterocycles. The summed E-state index contributed by atoms with van der Waals surface area (Å²) >= 11 is 0. The molecule has 0 aliphatic carbocycles. The van der Waals surface area contributed by atoms with Gasteiger partial charge in [-0.1, -0.05) is 24.6 Å². The van der Waals surface area contributed by atoms with E-state index in [1.54, 1.807) is 4.31 Å². The van der Waals surface area contributed by atoms with Crippen molar-refractivity contribution in [2.45, 2.75) is 45.6 Å². The number of hydrogen-bond donors (Lipinski definition) is 0. The quantitative estimate of drug-likeness (QED) is 0.760. The van der Waals surface area contributed by atoms with Crippen LogP contribution in [0.3, 0.4) is 0 Å². The van der Waals surface area contributed by atoms with Gasteiger partial charge < -0.3 is 4.57 Å². The van der Waals surface area contributed by atoms with Crippen molar-refractivity contribution in [1.29, 1.82) is 0 Å². The summed E-state index contributed by atoms with van der Waals surface area (Å²) in [6.45, 7) is 12.3. The summed E-state index contributed by atoms with van der Waals surface area (Å²) < 4.78 is 30.2. The van der Waals surface area contributed by atoms with E-state index in [1.807, 2.05) is 45.3 Å². The Morgan fingerprint density at radius 1 is 1.00 bits per heavy atom. The lowest BCUT2D eigenvalue weighted by atomic mass is 10.1. The molecule has 0 unspecified atom stereocenters. The molecule has 148 valence electrons. The van der Waals surface area contributed by atoms with Crippen LogP contribution in [0.4, 0.5) is 0 Å². The monoisotopic (exact) mass is 390 g/mol. The summed E-state index contributed by atoms with van der Waals surface area (Å²) in [5.41, 5.74) is 2.77. The summed E-state index contributed by atoms with van der Waals surface area (Å²) in [6, 6.07) is 3.90. The third-order valence-electron chi connectivity index (χ3n) is 5.31. The average Bonchev–Trinajstić information content (AvgIpc) is 3.06. The summed E-state index contributed by atoms with van der Waals surface area (Å²) in [5, 5.41) is 0. The van der Waals surface area contributed by atoms with Gasteiger partial charge in [0.05, 0.1) is 4.90 Å². The summed E-state index contributed by atoms with van der Waals surface area (Å²) in [6.07, 6.45) is 4.78. The van der Waals surface area contributed by atoms with Gasteiger partial charge in [0.15, 0.2) is 0 Å². The maximum atomic E-state index is 13.2. The molecular formula is C20H30N4O2S. The lowest BCUT2D eigenvalue weighted by Gasteiger charge is -2.34. The van der Waals surface area contributed by atoms with Gasteiger partial charge in [0, 0.05) is 58.1 Å². The molecule has 1 saturated heterocycles. The number of aromatic nitrogens is 2. The molecule has 1 aromatic heterocycles. The topological polar surface area (TPSA) is 58.4 Å². The van der Waals surface area contributed by atoms with Crippen molar-refractivity contribution in [3.63, 3.8) is 0 Å². The number of piperazine rings is 1. The molecule has 1 fully saturated rings. The van der Waals surface area contributed by atoms with Crippen LogP contribution in [0.1, 0.15) is 29.4 Å². The molecule has 0 radical (unpaired) electrons. The second-order valence-corrected chi connectivity index (χ2v) is 9.24. The Labute approximate surface area is 162 Å². The van der Waals surface area contributed by atoms with Crippen LogP contribution in [-0.2, 0) is 23.0 Å². The first-order valence-corrected chi connectivity index (χ1v) is 11.1. The Kier molecular flexibility index (Phi) is 6.03. The Bertz CT molecular complexity index is 873. The number of sulfonamides is 1. The Hall–Kier alpha value is -1.70. The number of rotatable bonds is 6. The van der Waals surface area contributed by atoms with E-state index in [1.165, 1.54) is 0 Å². The molecule has 0 saturated carbocycles. The normalized spacial score (nSPS) is 16.7. The van der Waals surface area contributed by atoms with Gasteiger partial charge in [0.2, 0.25) is 10.0 Å². The first-order valence-electron chi connectivity index (χ1n) is 9.63. The highest BCUT2D eigenvalue weighted by molar-refractivity contribution is 7.89. The third-order valence-corrected chi connectivity index (χ3v) is 7.51. The molecule has 1 aliphatic rings. The minimum atomic E-state index is -3.44. The number of benzene rings is 1. The maximum absolute atomic E-state index is 13.2. The zero-order valence-electron chi connectivity index (χ0n) is 16.8. The highest BCUT2D eigenvalue weighted by atomic mass is 32.2. The smallest absolute Gasteiger partial charge is 0.243 e. The van der Waals surface area contributed by atoms with Crippen LogP contribution in [0.25, 0.3) is 0 Å². The Morgan fingerprint density at radius 3 is 2.22 bits per heavy atom. The fourth-order valence-electron chi connectivity index (χ4n) is 4.00. The predicted octanol–water partition coefficient (Wildman–Crippen LogP) is 2.38. The number of hydrogen-bond acceptors (Lipinski definition) is 4. The molecule has 6 nitrogen and oxygen atoms in total. The van der Waals surface area contributed by atoms with Gasteiger partial charge in [0.1, 0.15) is 5.82 Å². The average molecular weight is 391 g/mol. The number of nitrogens with zero attached hydrogens (tertiary/aromatic N) is 4. The van der Waals surface area contributed by atoms with Crippen molar-refractivity contribution < 1.29 is 8.42 Å². The molecule has 0 N–H and O–H groups in total. The standard InChI is InChI=1S/C20H30N4O2S/c1-5-19-21-6-7-23(19)11-8-22-9-12-24(13-10-22)27(25,26)20-17(3)14-16(2)15-18(20)4/h6-7,14-15H,5,8-13H2,1-4H3. The second kappa shape index (κ2) is 8.12. The van der Waals surface area contributed by atoms with Gasteiger partial charge in [-0.25, -0.2) is 13.4 Å².